The molecule has 3 N–H and O–H groups in total. The van der Waals surface area contributed by atoms with Crippen molar-refractivity contribution in [1.82, 2.24) is 10.2 Å². The second kappa shape index (κ2) is 7.22. The Labute approximate surface area is 115 Å². The number of nitrogens with two attached hydrogens (primary N) is 1. The van der Waals surface area contributed by atoms with Gasteiger partial charge in [-0.1, -0.05) is 0 Å². The summed E-state index contributed by atoms with van der Waals surface area (Å²) in [4.78, 5) is 14.1. The Balaban J connectivity index is 1.53. The Morgan fingerprint density at radius 3 is 2.68 bits per heavy atom. The molecule has 1 aliphatic carbocycles. The topological polar surface area (TPSA) is 67.6 Å². The largest absolute Gasteiger partial charge is 0.376 e. The molecule has 5 heteroatoms. The third kappa shape index (κ3) is 4.75. The SMILES string of the molecule is CN1CCC(C(=O)NCCOC2CCC(N)CC2)C1. The Kier molecular flexibility index (Phi) is 5.60. The Bertz CT molecular complexity index is 290. The average molecular weight is 269 g/mol. The molecule has 0 radical (unpaired) electrons. The molecule has 1 amide bonds. The van der Waals surface area contributed by atoms with Crippen LogP contribution < -0.4 is 11.1 Å². The van der Waals surface area contributed by atoms with E-state index in [1.807, 2.05) is 0 Å². The third-order valence-electron chi connectivity index (χ3n) is 4.24. The zero-order valence-electron chi connectivity index (χ0n) is 11.9. The van der Waals surface area contributed by atoms with Crippen LogP contribution in [0.4, 0.5) is 0 Å². The van der Waals surface area contributed by atoms with Gasteiger partial charge < -0.3 is 20.7 Å². The van der Waals surface area contributed by atoms with Gasteiger partial charge in [-0.2, -0.15) is 0 Å². The highest BCUT2D eigenvalue weighted by molar-refractivity contribution is 5.79. The fourth-order valence-corrected chi connectivity index (χ4v) is 2.95. The number of nitrogens with zero attached hydrogens (tertiary/aromatic N) is 1. The molecule has 1 saturated carbocycles. The first-order chi connectivity index (χ1) is 9.15. The van der Waals surface area contributed by atoms with Crippen molar-refractivity contribution in [2.24, 2.45) is 11.7 Å². The van der Waals surface area contributed by atoms with Gasteiger partial charge in [-0.05, 0) is 45.7 Å². The van der Waals surface area contributed by atoms with Crippen LogP contribution in [0.1, 0.15) is 32.1 Å². The monoisotopic (exact) mass is 269 g/mol. The van der Waals surface area contributed by atoms with Crippen molar-refractivity contribution in [2.45, 2.75) is 44.2 Å². The molecule has 2 fully saturated rings. The molecule has 0 aromatic carbocycles. The lowest BCUT2D eigenvalue weighted by Crippen LogP contribution is -2.36. The van der Waals surface area contributed by atoms with E-state index in [1.54, 1.807) is 0 Å². The van der Waals surface area contributed by atoms with Crippen LogP contribution in [0.2, 0.25) is 0 Å². The Hall–Kier alpha value is -0.650. The minimum Gasteiger partial charge on any atom is -0.376 e. The predicted octanol–water partition coefficient (Wildman–Crippen LogP) is 0.341. The number of carbonyl (C=O) groups is 1. The molecule has 0 aromatic heterocycles. The van der Waals surface area contributed by atoms with Gasteiger partial charge in [0.15, 0.2) is 0 Å². The molecule has 19 heavy (non-hydrogen) atoms. The summed E-state index contributed by atoms with van der Waals surface area (Å²) in [6.45, 7) is 3.15. The highest BCUT2D eigenvalue weighted by Gasteiger charge is 2.25. The van der Waals surface area contributed by atoms with Gasteiger partial charge in [-0.15, -0.1) is 0 Å². The van der Waals surface area contributed by atoms with Crippen molar-refractivity contribution >= 4 is 5.91 Å². The lowest BCUT2D eigenvalue weighted by molar-refractivity contribution is -0.125. The van der Waals surface area contributed by atoms with Crippen LogP contribution in [0.5, 0.6) is 0 Å². The molecule has 0 bridgehead atoms. The van der Waals surface area contributed by atoms with E-state index in [1.165, 1.54) is 0 Å². The quantitative estimate of drug-likeness (QED) is 0.706. The summed E-state index contributed by atoms with van der Waals surface area (Å²) in [5.74, 6) is 0.344. The van der Waals surface area contributed by atoms with E-state index in [0.717, 1.165) is 45.2 Å². The summed E-state index contributed by atoms with van der Waals surface area (Å²) >= 11 is 0. The second-order valence-corrected chi connectivity index (χ2v) is 5.95. The maximum atomic E-state index is 11.9. The number of amides is 1. The molecular weight excluding hydrogens is 242 g/mol. The van der Waals surface area contributed by atoms with Gasteiger partial charge in [0.05, 0.1) is 18.6 Å². The van der Waals surface area contributed by atoms with E-state index in [4.69, 9.17) is 10.5 Å². The zero-order valence-corrected chi connectivity index (χ0v) is 11.9. The number of carbonyl (C=O) groups excluding carboxylic acids is 1. The van der Waals surface area contributed by atoms with E-state index in [0.29, 0.717) is 25.3 Å². The summed E-state index contributed by atoms with van der Waals surface area (Å²) in [6, 6.07) is 0.360. The standard InChI is InChI=1S/C14H27N3O2/c1-17-8-6-11(10-17)14(18)16-7-9-19-13-4-2-12(15)3-5-13/h11-13H,2-10,15H2,1H3,(H,16,18). The highest BCUT2D eigenvalue weighted by Crippen LogP contribution is 2.19. The molecule has 5 nitrogen and oxygen atoms in total. The fourth-order valence-electron chi connectivity index (χ4n) is 2.95. The van der Waals surface area contributed by atoms with E-state index in [2.05, 4.69) is 17.3 Å². The third-order valence-corrected chi connectivity index (χ3v) is 4.24. The van der Waals surface area contributed by atoms with Gasteiger partial charge in [0, 0.05) is 19.1 Å². The number of hydrogen-bond donors (Lipinski definition) is 2. The molecule has 2 rings (SSSR count). The average Bonchev–Trinajstić information content (AvgIpc) is 2.83. The van der Waals surface area contributed by atoms with Gasteiger partial charge in [0.2, 0.25) is 5.91 Å². The van der Waals surface area contributed by atoms with E-state index >= 15 is 0 Å². The number of rotatable bonds is 5. The molecule has 1 saturated heterocycles. The number of hydrogen-bond acceptors (Lipinski definition) is 4. The lowest BCUT2D eigenvalue weighted by atomic mass is 9.94. The van der Waals surface area contributed by atoms with Gasteiger partial charge in [-0.3, -0.25) is 4.79 Å². The van der Waals surface area contributed by atoms with Crippen molar-refractivity contribution in [3.8, 4) is 0 Å². The van der Waals surface area contributed by atoms with Crippen LogP contribution in [0, 0.1) is 5.92 Å². The molecule has 1 aliphatic heterocycles. The summed E-state index contributed by atoms with van der Waals surface area (Å²) in [6.07, 6.45) is 5.56. The zero-order chi connectivity index (χ0) is 13.7. The molecule has 1 heterocycles. The molecule has 0 aromatic rings. The van der Waals surface area contributed by atoms with Crippen LogP contribution >= 0.6 is 0 Å². The maximum Gasteiger partial charge on any atom is 0.224 e. The first kappa shape index (κ1) is 14.8. The first-order valence-electron chi connectivity index (χ1n) is 7.48. The second-order valence-electron chi connectivity index (χ2n) is 5.95. The van der Waals surface area contributed by atoms with Gasteiger partial charge in [0.25, 0.3) is 0 Å². The first-order valence-corrected chi connectivity index (χ1v) is 7.48. The molecule has 110 valence electrons. The van der Waals surface area contributed by atoms with Crippen molar-refractivity contribution in [1.29, 1.82) is 0 Å². The molecule has 1 unspecified atom stereocenters. The number of nitrogens with one attached hydrogen (secondary N) is 1. The van der Waals surface area contributed by atoms with E-state index in [9.17, 15) is 4.79 Å². The smallest absolute Gasteiger partial charge is 0.224 e. The van der Waals surface area contributed by atoms with Crippen molar-refractivity contribution in [3.05, 3.63) is 0 Å². The Morgan fingerprint density at radius 2 is 2.05 bits per heavy atom. The summed E-state index contributed by atoms with van der Waals surface area (Å²) < 4.78 is 5.78. The van der Waals surface area contributed by atoms with Crippen molar-refractivity contribution in [2.75, 3.05) is 33.3 Å². The van der Waals surface area contributed by atoms with Crippen molar-refractivity contribution in [3.63, 3.8) is 0 Å². The molecule has 1 atom stereocenters. The van der Waals surface area contributed by atoms with E-state index < -0.39 is 0 Å². The van der Waals surface area contributed by atoms with Crippen LogP contribution in [-0.4, -0.2) is 56.2 Å². The normalized spacial score (nSPS) is 32.4. The van der Waals surface area contributed by atoms with E-state index in [-0.39, 0.29) is 11.8 Å². The Morgan fingerprint density at radius 1 is 1.32 bits per heavy atom. The molecular formula is C14H27N3O2. The molecule has 0 spiro atoms. The minimum atomic E-state index is 0.165. The minimum absolute atomic E-state index is 0.165. The fraction of sp³-hybridized carbons (Fsp3) is 0.929. The van der Waals surface area contributed by atoms with Gasteiger partial charge >= 0.3 is 0 Å². The van der Waals surface area contributed by atoms with Crippen molar-refractivity contribution < 1.29 is 9.53 Å². The van der Waals surface area contributed by atoms with Crippen LogP contribution in [0.3, 0.4) is 0 Å². The summed E-state index contributed by atoms with van der Waals surface area (Å²) in [5.41, 5.74) is 5.86. The van der Waals surface area contributed by atoms with Gasteiger partial charge in [-0.25, -0.2) is 0 Å². The van der Waals surface area contributed by atoms with Crippen LogP contribution in [-0.2, 0) is 9.53 Å². The van der Waals surface area contributed by atoms with Crippen LogP contribution in [0.15, 0.2) is 0 Å². The maximum absolute atomic E-state index is 11.9. The summed E-state index contributed by atoms with van der Waals surface area (Å²) in [5, 5.41) is 2.98. The number of ether oxygens (including phenoxy) is 1. The number of likely N-dealkylation sites (tertiary alicyclic amines) is 1. The summed E-state index contributed by atoms with van der Waals surface area (Å²) in [7, 11) is 2.06. The van der Waals surface area contributed by atoms with Gasteiger partial charge in [0.1, 0.15) is 0 Å². The highest BCUT2D eigenvalue weighted by atomic mass is 16.5. The lowest BCUT2D eigenvalue weighted by Gasteiger charge is -2.26. The predicted molar refractivity (Wildman–Crippen MR) is 74.8 cm³/mol. The molecule has 2 aliphatic rings. The van der Waals surface area contributed by atoms with Crippen LogP contribution in [0.25, 0.3) is 0 Å².